The van der Waals surface area contributed by atoms with Crippen molar-refractivity contribution >= 4 is 28.0 Å². The van der Waals surface area contributed by atoms with E-state index in [2.05, 4.69) is 4.99 Å². The lowest BCUT2D eigenvalue weighted by molar-refractivity contribution is -0.393. The first-order valence-electron chi connectivity index (χ1n) is 9.88. The lowest BCUT2D eigenvalue weighted by atomic mass is 10.1. The monoisotopic (exact) mass is 527 g/mol. The van der Waals surface area contributed by atoms with Crippen LogP contribution in [-0.4, -0.2) is 24.6 Å². The number of halogens is 6. The van der Waals surface area contributed by atoms with E-state index in [0.29, 0.717) is 35.0 Å². The Morgan fingerprint density at radius 3 is 1.97 bits per heavy atom. The van der Waals surface area contributed by atoms with Crippen molar-refractivity contribution in [2.24, 2.45) is 4.99 Å². The van der Waals surface area contributed by atoms with Crippen LogP contribution in [0.4, 0.5) is 43.4 Å². The summed E-state index contributed by atoms with van der Waals surface area (Å²) in [6.07, 6.45) is -9.63. The summed E-state index contributed by atoms with van der Waals surface area (Å²) in [7, 11) is 0. The summed E-state index contributed by atoms with van der Waals surface area (Å²) in [5.74, 6) is 0. The smallest absolute Gasteiger partial charge is 0.412 e. The average Bonchev–Trinajstić information content (AvgIpc) is 3.08. The topological polar surface area (TPSA) is 129 Å². The second-order valence-electron chi connectivity index (χ2n) is 7.51. The number of benzene rings is 3. The molecule has 0 amide bonds. The van der Waals surface area contributed by atoms with Gasteiger partial charge in [-0.3, -0.25) is 20.2 Å². The first kappa shape index (κ1) is 25.2. The van der Waals surface area contributed by atoms with Crippen LogP contribution in [0.1, 0.15) is 11.1 Å². The maximum absolute atomic E-state index is 13.3. The number of nitrogens with zero attached hydrogens (tertiary/aromatic N) is 5. The fraction of sp³-hybridized carbons (Fsp3) is 0.0952. The summed E-state index contributed by atoms with van der Waals surface area (Å²) in [5, 5.41) is 33.3. The molecule has 0 aliphatic carbocycles. The molecule has 1 aromatic heterocycles. The Bertz CT molecular complexity index is 1640. The van der Waals surface area contributed by atoms with Crippen LogP contribution in [0, 0.1) is 20.2 Å². The number of nitro benzene ring substituents is 2. The minimum atomic E-state index is -4.84. The number of fused-ring (bicyclic) bond motifs is 1. The quantitative estimate of drug-likeness (QED) is 0.156. The van der Waals surface area contributed by atoms with Gasteiger partial charge in [0, 0.05) is 6.07 Å². The summed E-state index contributed by atoms with van der Waals surface area (Å²) >= 11 is 0. The second kappa shape index (κ2) is 8.65. The van der Waals surface area contributed by atoms with Gasteiger partial charge in [0.15, 0.2) is 5.49 Å². The van der Waals surface area contributed by atoms with E-state index in [9.17, 15) is 51.8 Å². The molecule has 0 fully saturated rings. The van der Waals surface area contributed by atoms with Crippen LogP contribution >= 0.6 is 0 Å². The molecule has 0 unspecified atom stereocenters. The van der Waals surface area contributed by atoms with Gasteiger partial charge in [0.25, 0.3) is 11.4 Å². The van der Waals surface area contributed by atoms with Gasteiger partial charge in [0.05, 0.1) is 38.4 Å². The van der Waals surface area contributed by atoms with Crippen molar-refractivity contribution in [1.82, 2.24) is 9.53 Å². The predicted octanol–water partition coefficient (Wildman–Crippen LogP) is 5.76. The normalized spacial score (nSPS) is 12.8. The zero-order valence-corrected chi connectivity index (χ0v) is 17.9. The molecule has 0 saturated carbocycles. The standard InChI is InChI=1S/C21H11F6N5O5/c22-20(23,24)11-3-1-5-13(7-11)28-19-18-16(9-15(31(34)35)10-17(18)32(36)37)30(33)29(19)14-6-2-4-12(8-14)21(25,26)27/h1-10,33H. The molecule has 37 heavy (non-hydrogen) atoms. The van der Waals surface area contributed by atoms with E-state index in [0.717, 1.165) is 30.3 Å². The van der Waals surface area contributed by atoms with Crippen molar-refractivity contribution in [2.45, 2.75) is 12.4 Å². The number of nitro groups is 2. The first-order chi connectivity index (χ1) is 17.2. The number of aromatic nitrogens is 2. The summed E-state index contributed by atoms with van der Waals surface area (Å²) in [5.41, 5.74) is -6.27. The fourth-order valence-corrected chi connectivity index (χ4v) is 3.56. The molecule has 1 N–H and O–H groups in total. The molecule has 3 aromatic carbocycles. The highest BCUT2D eigenvalue weighted by molar-refractivity contribution is 5.90. The highest BCUT2D eigenvalue weighted by Crippen LogP contribution is 2.34. The van der Waals surface area contributed by atoms with Gasteiger partial charge in [0.2, 0.25) is 0 Å². The van der Waals surface area contributed by atoms with E-state index in [1.54, 1.807) is 0 Å². The van der Waals surface area contributed by atoms with Crippen molar-refractivity contribution in [3.63, 3.8) is 0 Å². The van der Waals surface area contributed by atoms with Crippen molar-refractivity contribution < 1.29 is 41.4 Å². The van der Waals surface area contributed by atoms with Gasteiger partial charge < -0.3 is 5.21 Å². The van der Waals surface area contributed by atoms with Crippen LogP contribution in [0.25, 0.3) is 16.6 Å². The van der Waals surface area contributed by atoms with Gasteiger partial charge in [-0.1, -0.05) is 12.1 Å². The first-order valence-corrected chi connectivity index (χ1v) is 9.88. The van der Waals surface area contributed by atoms with Crippen LogP contribution in [-0.2, 0) is 12.4 Å². The fourth-order valence-electron chi connectivity index (χ4n) is 3.56. The molecule has 0 aliphatic rings. The Hall–Kier alpha value is -4.89. The Morgan fingerprint density at radius 2 is 1.41 bits per heavy atom. The molecule has 192 valence electrons. The summed E-state index contributed by atoms with van der Waals surface area (Å²) < 4.78 is 80.2. The molecule has 0 saturated heterocycles. The van der Waals surface area contributed by atoms with Gasteiger partial charge in [0.1, 0.15) is 10.9 Å². The molecule has 4 rings (SSSR count). The molecule has 0 radical (unpaired) electrons. The largest absolute Gasteiger partial charge is 0.416 e. The predicted molar refractivity (Wildman–Crippen MR) is 113 cm³/mol. The molecule has 0 atom stereocenters. The number of hydrogen-bond donors (Lipinski definition) is 1. The molecule has 4 aromatic rings. The third-order valence-corrected chi connectivity index (χ3v) is 5.14. The van der Waals surface area contributed by atoms with Gasteiger partial charge >= 0.3 is 12.4 Å². The Kier molecular flexibility index (Phi) is 5.89. The highest BCUT2D eigenvalue weighted by Gasteiger charge is 2.33. The van der Waals surface area contributed by atoms with Crippen LogP contribution in [0.3, 0.4) is 0 Å². The third-order valence-electron chi connectivity index (χ3n) is 5.14. The van der Waals surface area contributed by atoms with Crippen molar-refractivity contribution in [1.29, 1.82) is 0 Å². The Labute approximate surface area is 200 Å². The summed E-state index contributed by atoms with van der Waals surface area (Å²) in [6, 6.07) is 7.87. The minimum absolute atomic E-state index is 0.0945. The van der Waals surface area contributed by atoms with Crippen molar-refractivity contribution in [2.75, 3.05) is 0 Å². The zero-order chi connectivity index (χ0) is 27.3. The molecule has 0 spiro atoms. The molecular weight excluding hydrogens is 516 g/mol. The summed E-state index contributed by atoms with van der Waals surface area (Å²) in [4.78, 5) is 25.1. The minimum Gasteiger partial charge on any atom is -0.412 e. The van der Waals surface area contributed by atoms with Gasteiger partial charge in [-0.15, -0.1) is 4.85 Å². The van der Waals surface area contributed by atoms with Crippen LogP contribution < -0.4 is 5.49 Å². The van der Waals surface area contributed by atoms with E-state index < -0.39 is 72.5 Å². The second-order valence-corrected chi connectivity index (χ2v) is 7.51. The van der Waals surface area contributed by atoms with Crippen molar-refractivity contribution in [3.05, 3.63) is 97.5 Å². The van der Waals surface area contributed by atoms with E-state index in [4.69, 9.17) is 0 Å². The SMILES string of the molecule is O=[N+]([O-])c1cc([N+](=O)[O-])c2c(=Nc3cccc(C(F)(F)F)c3)n(-c3cccc(C(F)(F)F)c3)n(O)c2c1. The number of non-ortho nitro benzene ring substituents is 2. The third kappa shape index (κ3) is 4.67. The van der Waals surface area contributed by atoms with E-state index in [1.807, 2.05) is 0 Å². The van der Waals surface area contributed by atoms with Crippen molar-refractivity contribution in [3.8, 4) is 5.69 Å². The number of rotatable bonds is 4. The number of alkyl halides is 6. The molecular formula is C21H11F6N5O5. The average molecular weight is 527 g/mol. The van der Waals surface area contributed by atoms with Gasteiger partial charge in [-0.25, -0.2) is 9.67 Å². The Balaban J connectivity index is 2.19. The lowest BCUT2D eigenvalue weighted by Gasteiger charge is -2.11. The molecule has 0 bridgehead atoms. The Morgan fingerprint density at radius 1 is 0.811 bits per heavy atom. The van der Waals surface area contributed by atoms with E-state index in [1.165, 1.54) is 0 Å². The van der Waals surface area contributed by atoms with E-state index >= 15 is 0 Å². The van der Waals surface area contributed by atoms with Crippen LogP contribution in [0.15, 0.2) is 65.7 Å². The number of hydrogen-bond acceptors (Lipinski definition) is 6. The zero-order valence-electron chi connectivity index (χ0n) is 17.9. The van der Waals surface area contributed by atoms with E-state index in [-0.39, 0.29) is 4.85 Å². The van der Waals surface area contributed by atoms with Crippen LogP contribution in [0.2, 0.25) is 0 Å². The lowest BCUT2D eigenvalue weighted by Crippen LogP contribution is -2.22. The van der Waals surface area contributed by atoms with Crippen LogP contribution in [0.5, 0.6) is 0 Å². The highest BCUT2D eigenvalue weighted by atomic mass is 19.4. The van der Waals surface area contributed by atoms with Gasteiger partial charge in [-0.05, 0) is 36.4 Å². The molecule has 1 heterocycles. The molecule has 10 nitrogen and oxygen atoms in total. The van der Waals surface area contributed by atoms with Gasteiger partial charge in [-0.2, -0.15) is 26.3 Å². The maximum atomic E-state index is 13.3. The molecule has 16 heteroatoms. The molecule has 0 aliphatic heterocycles. The summed E-state index contributed by atoms with van der Waals surface area (Å²) in [6.45, 7) is 0. The maximum Gasteiger partial charge on any atom is 0.416 e.